The summed E-state index contributed by atoms with van der Waals surface area (Å²) in [7, 11) is 0. The first-order valence-electron chi connectivity index (χ1n) is 14.1. The van der Waals surface area contributed by atoms with Crippen LogP contribution in [0.4, 0.5) is 10.1 Å². The van der Waals surface area contributed by atoms with Gasteiger partial charge in [-0.25, -0.2) is 4.39 Å². The minimum atomic E-state index is -1.20. The maximum atomic E-state index is 13.5. The van der Waals surface area contributed by atoms with Crippen molar-refractivity contribution in [2.24, 2.45) is 0 Å². The van der Waals surface area contributed by atoms with Gasteiger partial charge in [0.1, 0.15) is 23.7 Å². The average molecular weight is 540 g/mol. The minimum Gasteiger partial charge on any atom is -0.491 e. The van der Waals surface area contributed by atoms with Crippen molar-refractivity contribution in [1.82, 2.24) is 9.88 Å². The Balaban J connectivity index is 1.35. The Morgan fingerprint density at radius 3 is 2.50 bits per heavy atom. The van der Waals surface area contributed by atoms with Gasteiger partial charge in [0.2, 0.25) is 5.91 Å². The molecule has 2 N–H and O–H groups in total. The number of nitrogens with zero attached hydrogens (tertiary/aromatic N) is 1. The molecule has 1 aliphatic heterocycles. The third-order valence-corrected chi connectivity index (χ3v) is 8.19. The van der Waals surface area contributed by atoms with Crippen molar-refractivity contribution in [3.05, 3.63) is 83.7 Å². The van der Waals surface area contributed by atoms with Crippen LogP contribution in [-0.4, -0.2) is 28.5 Å². The first-order chi connectivity index (χ1) is 19.3. The fourth-order valence-corrected chi connectivity index (χ4v) is 6.11. The first kappa shape index (κ1) is 26.1. The molecule has 0 radical (unpaired) electrons. The molecule has 3 aromatic carbocycles. The Bertz CT molecular complexity index is 1580. The number of para-hydroxylation sites is 1. The summed E-state index contributed by atoms with van der Waals surface area (Å²) in [5, 5.41) is 6.83. The lowest BCUT2D eigenvalue weighted by Crippen LogP contribution is -2.52. The van der Waals surface area contributed by atoms with Gasteiger partial charge < -0.3 is 19.9 Å². The Hall–Kier alpha value is -4.13. The summed E-state index contributed by atoms with van der Waals surface area (Å²) in [6, 6.07) is 19.6. The highest BCUT2D eigenvalue weighted by molar-refractivity contribution is 6.05. The number of halogens is 1. The maximum Gasteiger partial charge on any atom is 0.252 e. The van der Waals surface area contributed by atoms with Crippen LogP contribution in [0.25, 0.3) is 22.2 Å². The van der Waals surface area contributed by atoms with Crippen molar-refractivity contribution in [1.29, 1.82) is 0 Å². The summed E-state index contributed by atoms with van der Waals surface area (Å²) in [5.74, 6) is 0.256. The van der Waals surface area contributed by atoms with Gasteiger partial charge in [-0.15, -0.1) is 0 Å². The van der Waals surface area contributed by atoms with E-state index >= 15 is 0 Å². The molecule has 4 aromatic rings. The maximum absolute atomic E-state index is 13.5. The highest BCUT2D eigenvalue weighted by Gasteiger charge is 2.32. The number of fused-ring (bicyclic) bond motifs is 5. The fraction of sp³-hybridized carbons (Fsp3) is 0.333. The molecule has 6 nitrogen and oxygen atoms in total. The van der Waals surface area contributed by atoms with Gasteiger partial charge >= 0.3 is 0 Å². The van der Waals surface area contributed by atoms with E-state index in [9.17, 15) is 14.0 Å². The summed E-state index contributed by atoms with van der Waals surface area (Å²) in [6.07, 6.45) is 6.05. The number of hydrogen-bond donors (Lipinski definition) is 2. The normalized spacial score (nSPS) is 15.5. The number of anilines is 1. The van der Waals surface area contributed by atoms with Gasteiger partial charge in [0.05, 0.1) is 12.2 Å². The van der Waals surface area contributed by atoms with E-state index in [1.54, 1.807) is 13.8 Å². The number of carbonyl (C=O) groups is 2. The number of ether oxygens (including phenoxy) is 1. The van der Waals surface area contributed by atoms with E-state index in [0.29, 0.717) is 30.3 Å². The molecule has 0 unspecified atom stereocenters. The van der Waals surface area contributed by atoms with E-state index in [4.69, 9.17) is 4.74 Å². The zero-order valence-electron chi connectivity index (χ0n) is 22.9. The van der Waals surface area contributed by atoms with Gasteiger partial charge in [-0.3, -0.25) is 9.59 Å². The number of hydrogen-bond acceptors (Lipinski definition) is 3. The lowest BCUT2D eigenvalue weighted by Gasteiger charge is -2.25. The second kappa shape index (κ2) is 10.5. The van der Waals surface area contributed by atoms with Crippen LogP contribution in [0.2, 0.25) is 0 Å². The molecule has 2 heterocycles. The molecular weight excluding hydrogens is 505 g/mol. The van der Waals surface area contributed by atoms with Crippen LogP contribution in [-0.2, 0) is 11.3 Å². The van der Waals surface area contributed by atoms with Crippen molar-refractivity contribution in [3.8, 4) is 17.0 Å². The smallest absolute Gasteiger partial charge is 0.252 e. The van der Waals surface area contributed by atoms with Crippen LogP contribution in [0.1, 0.15) is 67.8 Å². The van der Waals surface area contributed by atoms with Crippen molar-refractivity contribution in [2.45, 2.75) is 64.0 Å². The van der Waals surface area contributed by atoms with Crippen LogP contribution in [0, 0.1) is 5.82 Å². The van der Waals surface area contributed by atoms with Crippen LogP contribution in [0.5, 0.6) is 5.75 Å². The van der Waals surface area contributed by atoms with Gasteiger partial charge in [0.25, 0.3) is 5.91 Å². The quantitative estimate of drug-likeness (QED) is 0.286. The average Bonchev–Trinajstić information content (AvgIpc) is 3.15. The van der Waals surface area contributed by atoms with E-state index in [0.717, 1.165) is 29.7 Å². The van der Waals surface area contributed by atoms with E-state index in [-0.39, 0.29) is 11.7 Å². The summed E-state index contributed by atoms with van der Waals surface area (Å²) in [5.41, 5.74) is 4.42. The van der Waals surface area contributed by atoms with Gasteiger partial charge in [0, 0.05) is 27.7 Å². The van der Waals surface area contributed by atoms with Crippen molar-refractivity contribution < 1.29 is 18.7 Å². The lowest BCUT2D eigenvalue weighted by atomic mass is 9.81. The van der Waals surface area contributed by atoms with E-state index in [2.05, 4.69) is 33.4 Å². The molecule has 40 heavy (non-hydrogen) atoms. The largest absolute Gasteiger partial charge is 0.491 e. The monoisotopic (exact) mass is 539 g/mol. The first-order valence-corrected chi connectivity index (χ1v) is 14.1. The summed E-state index contributed by atoms with van der Waals surface area (Å²) < 4.78 is 21.7. The molecule has 1 fully saturated rings. The molecule has 7 heteroatoms. The van der Waals surface area contributed by atoms with Crippen LogP contribution in [0.3, 0.4) is 0 Å². The Labute approximate surface area is 233 Å². The standard InChI is InChI=1S/C33H34FN3O3/c1-33(2,32(39)35-24-15-13-23(34)14-16-24)36-31(38)22-12-17-25-27(20-22)37-18-19-40-28-11-7-6-10-26(28)30(37)29(25)21-8-4-3-5-9-21/h6-7,10-17,20-21H,3-5,8-9,18-19H2,1-2H3,(H,35,39)(H,36,38). The summed E-state index contributed by atoms with van der Waals surface area (Å²) in [6.45, 7) is 4.54. The van der Waals surface area contributed by atoms with Crippen molar-refractivity contribution in [3.63, 3.8) is 0 Å². The molecule has 2 amide bonds. The molecule has 1 aliphatic carbocycles. The molecule has 0 bridgehead atoms. The number of rotatable bonds is 5. The molecule has 1 aromatic heterocycles. The van der Waals surface area contributed by atoms with Crippen LogP contribution >= 0.6 is 0 Å². The zero-order valence-corrected chi connectivity index (χ0v) is 22.9. The lowest BCUT2D eigenvalue weighted by molar-refractivity contribution is -0.120. The van der Waals surface area contributed by atoms with Crippen molar-refractivity contribution >= 4 is 28.4 Å². The Morgan fingerprint density at radius 2 is 1.73 bits per heavy atom. The minimum absolute atomic E-state index is 0.332. The van der Waals surface area contributed by atoms with Gasteiger partial charge in [-0.1, -0.05) is 37.5 Å². The molecule has 6 rings (SSSR count). The molecule has 0 atom stereocenters. The fourth-order valence-electron chi connectivity index (χ4n) is 6.11. The number of amides is 2. The predicted octanol–water partition coefficient (Wildman–Crippen LogP) is 7.03. The molecule has 206 valence electrons. The third kappa shape index (κ3) is 4.85. The molecular formula is C33H34FN3O3. The molecule has 2 aliphatic rings. The zero-order chi connectivity index (χ0) is 27.9. The van der Waals surface area contributed by atoms with Crippen molar-refractivity contribution in [2.75, 3.05) is 11.9 Å². The number of nitrogens with one attached hydrogen (secondary N) is 2. The Kier molecular flexibility index (Phi) is 6.82. The van der Waals surface area contributed by atoms with Crippen LogP contribution in [0.15, 0.2) is 66.7 Å². The molecule has 1 saturated carbocycles. The molecule has 0 saturated heterocycles. The Morgan fingerprint density at radius 1 is 0.975 bits per heavy atom. The van der Waals surface area contributed by atoms with E-state index in [1.165, 1.54) is 60.2 Å². The predicted molar refractivity (Wildman–Crippen MR) is 155 cm³/mol. The van der Waals surface area contributed by atoms with Gasteiger partial charge in [0.15, 0.2) is 0 Å². The second-order valence-electron chi connectivity index (χ2n) is 11.4. The highest BCUT2D eigenvalue weighted by atomic mass is 19.1. The van der Waals surface area contributed by atoms with E-state index < -0.39 is 11.4 Å². The van der Waals surface area contributed by atoms with Gasteiger partial charge in [-0.05, 0) is 86.7 Å². The SMILES string of the molecule is CC(C)(NC(=O)c1ccc2c(C3CCCCC3)c3n(c2c1)CCOc1ccccc1-3)C(=O)Nc1ccc(F)cc1. The topological polar surface area (TPSA) is 72.4 Å². The molecule has 0 spiro atoms. The van der Waals surface area contributed by atoms with Crippen LogP contribution < -0.4 is 15.4 Å². The number of carbonyl (C=O) groups excluding carboxylic acids is 2. The van der Waals surface area contributed by atoms with Gasteiger partial charge in [-0.2, -0.15) is 0 Å². The second-order valence-corrected chi connectivity index (χ2v) is 11.4. The highest BCUT2D eigenvalue weighted by Crippen LogP contribution is 2.47. The third-order valence-electron chi connectivity index (χ3n) is 8.19. The number of aromatic nitrogens is 1. The van der Waals surface area contributed by atoms with E-state index in [1.807, 2.05) is 24.3 Å². The summed E-state index contributed by atoms with van der Waals surface area (Å²) >= 11 is 0. The number of benzene rings is 3. The summed E-state index contributed by atoms with van der Waals surface area (Å²) in [4.78, 5) is 26.5.